The number of aliphatic hydroxyl groups excluding tert-OH is 2. The number of hydrogen-bond acceptors (Lipinski definition) is 3. The van der Waals surface area contributed by atoms with Crippen molar-refractivity contribution in [2.45, 2.75) is 20.4 Å². The second-order valence-electron chi connectivity index (χ2n) is 5.38. The fraction of sp³-hybridized carbons (Fsp3) is 0.571. The summed E-state index contributed by atoms with van der Waals surface area (Å²) in [4.78, 5) is 2.01. The molecule has 0 saturated carbocycles. The van der Waals surface area contributed by atoms with Crippen LogP contribution in [0.1, 0.15) is 18.1 Å². The van der Waals surface area contributed by atoms with Gasteiger partial charge in [0.2, 0.25) is 0 Å². The Bertz CT molecular complexity index is 391. The maximum Gasteiger partial charge on any atom is 0.126 e. The topological polar surface area (TPSA) is 43.7 Å². The third-order valence-electron chi connectivity index (χ3n) is 3.09. The summed E-state index contributed by atoms with van der Waals surface area (Å²) < 4.78 is 13.1. The lowest BCUT2D eigenvalue weighted by Gasteiger charge is -2.30. The number of nitrogens with zero attached hydrogens (tertiary/aromatic N) is 1. The minimum atomic E-state index is -0.510. The van der Waals surface area contributed by atoms with E-state index in [1.165, 1.54) is 6.07 Å². The Balaban J connectivity index is 2.64. The van der Waals surface area contributed by atoms with E-state index >= 15 is 0 Å². The zero-order valence-corrected chi connectivity index (χ0v) is 11.3. The summed E-state index contributed by atoms with van der Waals surface area (Å²) in [6.07, 6.45) is 0. The molecule has 0 unspecified atom stereocenters. The molecule has 0 amide bonds. The summed E-state index contributed by atoms with van der Waals surface area (Å²) in [6, 6.07) is 5.05. The number of aryl methyl sites for hydroxylation is 1. The lowest BCUT2D eigenvalue weighted by Crippen LogP contribution is -2.38. The van der Waals surface area contributed by atoms with Gasteiger partial charge in [0.1, 0.15) is 5.82 Å². The number of hydrogen-bond donors (Lipinski definition) is 2. The van der Waals surface area contributed by atoms with E-state index in [1.807, 2.05) is 24.9 Å². The third-order valence-corrected chi connectivity index (χ3v) is 3.09. The van der Waals surface area contributed by atoms with Gasteiger partial charge in [-0.05, 0) is 31.2 Å². The molecule has 0 radical (unpaired) electrons. The summed E-state index contributed by atoms with van der Waals surface area (Å²) in [5.74, 6) is -0.197. The lowest BCUT2D eigenvalue weighted by molar-refractivity contribution is 0.0402. The highest BCUT2D eigenvalue weighted by Crippen LogP contribution is 2.17. The van der Waals surface area contributed by atoms with Crippen LogP contribution in [0, 0.1) is 18.2 Å². The molecule has 1 rings (SSSR count). The molecule has 1 aromatic carbocycles. The predicted molar refractivity (Wildman–Crippen MR) is 69.7 cm³/mol. The van der Waals surface area contributed by atoms with Gasteiger partial charge in [-0.1, -0.05) is 19.1 Å². The van der Waals surface area contributed by atoms with Gasteiger partial charge in [0.25, 0.3) is 0 Å². The van der Waals surface area contributed by atoms with Crippen molar-refractivity contribution in [3.8, 4) is 0 Å². The van der Waals surface area contributed by atoms with Crippen molar-refractivity contribution >= 4 is 0 Å². The van der Waals surface area contributed by atoms with E-state index in [4.69, 9.17) is 0 Å². The first-order valence-electron chi connectivity index (χ1n) is 6.05. The van der Waals surface area contributed by atoms with Crippen LogP contribution in [0.25, 0.3) is 0 Å². The average Bonchev–Trinajstić information content (AvgIpc) is 2.33. The molecule has 18 heavy (non-hydrogen) atoms. The Morgan fingerprint density at radius 3 is 2.39 bits per heavy atom. The first kappa shape index (κ1) is 15.1. The molecule has 0 aliphatic rings. The Morgan fingerprint density at radius 2 is 1.89 bits per heavy atom. The fourth-order valence-corrected chi connectivity index (χ4v) is 1.97. The minimum absolute atomic E-state index is 0.0592. The van der Waals surface area contributed by atoms with Gasteiger partial charge < -0.3 is 15.1 Å². The molecule has 0 aromatic heterocycles. The monoisotopic (exact) mass is 255 g/mol. The molecule has 0 atom stereocenters. The zero-order chi connectivity index (χ0) is 13.8. The third kappa shape index (κ3) is 4.05. The highest BCUT2D eigenvalue weighted by molar-refractivity contribution is 5.23. The largest absolute Gasteiger partial charge is 0.396 e. The van der Waals surface area contributed by atoms with Crippen molar-refractivity contribution in [1.29, 1.82) is 0 Å². The molecule has 0 fully saturated rings. The molecule has 4 heteroatoms. The van der Waals surface area contributed by atoms with E-state index in [0.29, 0.717) is 18.7 Å². The van der Waals surface area contributed by atoms with E-state index in [2.05, 4.69) is 0 Å². The molecular formula is C14H22FNO2. The van der Waals surface area contributed by atoms with E-state index in [9.17, 15) is 14.6 Å². The molecular weight excluding hydrogens is 233 g/mol. The van der Waals surface area contributed by atoms with Gasteiger partial charge in [0.15, 0.2) is 0 Å². The number of benzene rings is 1. The summed E-state index contributed by atoms with van der Waals surface area (Å²) >= 11 is 0. The van der Waals surface area contributed by atoms with Crippen molar-refractivity contribution < 1.29 is 14.6 Å². The first-order chi connectivity index (χ1) is 8.40. The van der Waals surface area contributed by atoms with Gasteiger partial charge in [-0.25, -0.2) is 4.39 Å². The summed E-state index contributed by atoms with van der Waals surface area (Å²) in [6.45, 7) is 4.70. The van der Waals surface area contributed by atoms with Gasteiger partial charge in [-0.3, -0.25) is 0 Å². The zero-order valence-electron chi connectivity index (χ0n) is 11.3. The van der Waals surface area contributed by atoms with Crippen LogP contribution in [0.3, 0.4) is 0 Å². The summed E-state index contributed by atoms with van der Waals surface area (Å²) in [5, 5.41) is 18.5. The first-order valence-corrected chi connectivity index (χ1v) is 6.05. The van der Waals surface area contributed by atoms with Crippen LogP contribution >= 0.6 is 0 Å². The predicted octanol–water partition coefficient (Wildman–Crippen LogP) is 1.56. The van der Waals surface area contributed by atoms with Crippen LogP contribution in [0.2, 0.25) is 0 Å². The molecule has 0 aliphatic carbocycles. The molecule has 0 heterocycles. The molecule has 0 spiro atoms. The Hall–Kier alpha value is -0.970. The Kier molecular flexibility index (Phi) is 5.26. The second kappa shape index (κ2) is 6.27. The molecule has 3 nitrogen and oxygen atoms in total. The molecule has 0 aliphatic heterocycles. The van der Waals surface area contributed by atoms with Crippen LogP contribution in [0.4, 0.5) is 4.39 Å². The van der Waals surface area contributed by atoms with E-state index in [1.54, 1.807) is 13.0 Å². The van der Waals surface area contributed by atoms with Gasteiger partial charge in [0.05, 0.1) is 13.2 Å². The number of aliphatic hydroxyl groups is 2. The van der Waals surface area contributed by atoms with E-state index in [0.717, 1.165) is 5.56 Å². The van der Waals surface area contributed by atoms with Crippen molar-refractivity contribution in [2.24, 2.45) is 5.41 Å². The van der Waals surface area contributed by atoms with E-state index in [-0.39, 0.29) is 19.0 Å². The number of rotatable bonds is 6. The van der Waals surface area contributed by atoms with Crippen molar-refractivity contribution in [1.82, 2.24) is 4.90 Å². The second-order valence-corrected chi connectivity index (χ2v) is 5.38. The average molecular weight is 255 g/mol. The molecule has 0 saturated heterocycles. The highest BCUT2D eigenvalue weighted by Gasteiger charge is 2.24. The highest BCUT2D eigenvalue weighted by atomic mass is 19.1. The smallest absolute Gasteiger partial charge is 0.126 e. The van der Waals surface area contributed by atoms with Crippen molar-refractivity contribution in [3.05, 3.63) is 35.1 Å². The Morgan fingerprint density at radius 1 is 1.28 bits per heavy atom. The van der Waals surface area contributed by atoms with Gasteiger partial charge in [-0.15, -0.1) is 0 Å². The van der Waals surface area contributed by atoms with Crippen LogP contribution in [0.5, 0.6) is 0 Å². The van der Waals surface area contributed by atoms with Crippen molar-refractivity contribution in [3.63, 3.8) is 0 Å². The summed E-state index contributed by atoms with van der Waals surface area (Å²) in [5.41, 5.74) is 1.15. The molecule has 0 bridgehead atoms. The quantitative estimate of drug-likeness (QED) is 0.810. The van der Waals surface area contributed by atoms with Crippen LogP contribution < -0.4 is 0 Å². The van der Waals surface area contributed by atoms with Crippen LogP contribution in [-0.4, -0.2) is 41.9 Å². The van der Waals surface area contributed by atoms with Crippen LogP contribution in [0.15, 0.2) is 18.2 Å². The fourth-order valence-electron chi connectivity index (χ4n) is 1.97. The normalized spacial score (nSPS) is 12.2. The molecule has 2 N–H and O–H groups in total. The minimum Gasteiger partial charge on any atom is -0.396 e. The lowest BCUT2D eigenvalue weighted by atomic mass is 9.92. The standard InChI is InChI=1S/C14H22FNO2/c1-11-6-12(4-5-13(11)15)7-16(3)8-14(2,9-17)10-18/h4-6,17-18H,7-10H2,1-3H3. The van der Waals surface area contributed by atoms with E-state index < -0.39 is 5.41 Å². The van der Waals surface area contributed by atoms with Crippen molar-refractivity contribution in [2.75, 3.05) is 26.8 Å². The Labute approximate surface area is 108 Å². The summed E-state index contributed by atoms with van der Waals surface area (Å²) in [7, 11) is 1.92. The van der Waals surface area contributed by atoms with Gasteiger partial charge in [0, 0.05) is 18.5 Å². The van der Waals surface area contributed by atoms with Crippen LogP contribution in [-0.2, 0) is 6.54 Å². The van der Waals surface area contributed by atoms with Gasteiger partial charge >= 0.3 is 0 Å². The maximum absolute atomic E-state index is 13.1. The maximum atomic E-state index is 13.1. The SMILES string of the molecule is Cc1cc(CN(C)CC(C)(CO)CO)ccc1F. The molecule has 1 aromatic rings. The molecule has 102 valence electrons. The number of halogens is 1. The van der Waals surface area contributed by atoms with Gasteiger partial charge in [-0.2, -0.15) is 0 Å².